The monoisotopic (exact) mass is 336 g/mol. The highest BCUT2D eigenvalue weighted by atomic mass is 35.5. The van der Waals surface area contributed by atoms with Crippen molar-refractivity contribution in [2.45, 2.75) is 0 Å². The van der Waals surface area contributed by atoms with Crippen molar-refractivity contribution in [1.29, 1.82) is 0 Å². The van der Waals surface area contributed by atoms with Crippen LogP contribution in [0.2, 0.25) is 10.0 Å². The predicted molar refractivity (Wildman–Crippen MR) is 87.2 cm³/mol. The fourth-order valence-electron chi connectivity index (χ4n) is 1.99. The minimum Gasteiger partial charge on any atom is -0.319 e. The highest BCUT2D eigenvalue weighted by Gasteiger charge is 2.07. The van der Waals surface area contributed by atoms with E-state index >= 15 is 0 Å². The Morgan fingerprint density at radius 3 is 2.67 bits per heavy atom. The van der Waals surface area contributed by atoms with E-state index in [1.807, 2.05) is 29.8 Å². The molecule has 2 aromatic carbocycles. The lowest BCUT2D eigenvalue weighted by Gasteiger charge is -1.97. The summed E-state index contributed by atoms with van der Waals surface area (Å²) in [6.45, 7) is 0. The van der Waals surface area contributed by atoms with Crippen LogP contribution in [0.5, 0.6) is 0 Å². The van der Waals surface area contributed by atoms with Crippen molar-refractivity contribution in [3.05, 3.63) is 62.9 Å². The van der Waals surface area contributed by atoms with Gasteiger partial charge in [-0.05, 0) is 36.4 Å². The van der Waals surface area contributed by atoms with E-state index in [2.05, 4.69) is 4.99 Å². The average Bonchev–Trinajstić information content (AvgIpc) is 2.74. The zero-order valence-corrected chi connectivity index (χ0v) is 13.3. The standard InChI is InChI=1S/C15H10Cl2N2OS/c1-19-12-6-5-11(17)8-13(12)21-15(19)18-14(20)9-3-2-4-10(16)7-9/h2-8H,1H3. The molecule has 1 amide bonds. The molecule has 0 aliphatic carbocycles. The number of benzene rings is 2. The first-order valence-corrected chi connectivity index (χ1v) is 7.71. The Kier molecular flexibility index (Phi) is 3.85. The van der Waals surface area contributed by atoms with Crippen LogP contribution in [0, 0.1) is 0 Å². The second-order valence-corrected chi connectivity index (χ2v) is 6.36. The maximum atomic E-state index is 12.2. The number of rotatable bonds is 1. The summed E-state index contributed by atoms with van der Waals surface area (Å²) < 4.78 is 2.86. The van der Waals surface area contributed by atoms with E-state index in [0.29, 0.717) is 20.4 Å². The molecular formula is C15H10Cl2N2OS. The lowest BCUT2D eigenvalue weighted by atomic mass is 10.2. The number of thiazole rings is 1. The predicted octanol–water partition coefficient (Wildman–Crippen LogP) is 4.29. The second kappa shape index (κ2) is 5.64. The first-order chi connectivity index (χ1) is 10.0. The molecule has 0 aliphatic rings. The molecule has 106 valence electrons. The van der Waals surface area contributed by atoms with Gasteiger partial charge in [0.2, 0.25) is 0 Å². The molecule has 21 heavy (non-hydrogen) atoms. The topological polar surface area (TPSA) is 34.4 Å². The summed E-state index contributed by atoms with van der Waals surface area (Å²) in [5.41, 5.74) is 1.46. The third-order valence-electron chi connectivity index (χ3n) is 3.04. The van der Waals surface area contributed by atoms with Gasteiger partial charge in [-0.15, -0.1) is 0 Å². The molecule has 3 aromatic rings. The van der Waals surface area contributed by atoms with E-state index in [1.165, 1.54) is 11.3 Å². The van der Waals surface area contributed by atoms with Crippen LogP contribution in [0.3, 0.4) is 0 Å². The van der Waals surface area contributed by atoms with E-state index < -0.39 is 0 Å². The molecule has 0 saturated heterocycles. The maximum absolute atomic E-state index is 12.2. The van der Waals surface area contributed by atoms with E-state index in [-0.39, 0.29) is 5.91 Å². The molecule has 3 nitrogen and oxygen atoms in total. The first kappa shape index (κ1) is 14.3. The Hall–Kier alpha value is -1.62. The van der Waals surface area contributed by atoms with Crippen molar-refractivity contribution in [2.75, 3.05) is 0 Å². The Morgan fingerprint density at radius 1 is 1.14 bits per heavy atom. The first-order valence-electron chi connectivity index (χ1n) is 6.14. The normalized spacial score (nSPS) is 12.0. The molecule has 0 N–H and O–H groups in total. The summed E-state index contributed by atoms with van der Waals surface area (Å²) in [5.74, 6) is -0.314. The number of hydrogen-bond donors (Lipinski definition) is 0. The van der Waals surface area contributed by atoms with E-state index in [4.69, 9.17) is 23.2 Å². The summed E-state index contributed by atoms with van der Waals surface area (Å²) in [4.78, 5) is 17.0. The van der Waals surface area contributed by atoms with Crippen molar-refractivity contribution >= 4 is 50.7 Å². The quantitative estimate of drug-likeness (QED) is 0.652. The van der Waals surface area contributed by atoms with E-state index in [0.717, 1.165) is 10.2 Å². The Bertz CT molecular complexity index is 911. The largest absolute Gasteiger partial charge is 0.319 e. The Balaban J connectivity index is 2.11. The number of fused-ring (bicyclic) bond motifs is 1. The molecule has 0 radical (unpaired) electrons. The Morgan fingerprint density at radius 2 is 1.90 bits per heavy atom. The lowest BCUT2D eigenvalue weighted by molar-refractivity contribution is 0.0998. The number of amides is 1. The molecular weight excluding hydrogens is 327 g/mol. The van der Waals surface area contributed by atoms with Gasteiger partial charge in [-0.3, -0.25) is 4.79 Å². The summed E-state index contributed by atoms with van der Waals surface area (Å²) in [6, 6.07) is 12.4. The maximum Gasteiger partial charge on any atom is 0.279 e. The zero-order valence-electron chi connectivity index (χ0n) is 11.0. The van der Waals surface area contributed by atoms with Gasteiger partial charge in [-0.2, -0.15) is 4.99 Å². The molecule has 1 heterocycles. The summed E-state index contributed by atoms with van der Waals surface area (Å²) in [6.07, 6.45) is 0. The average molecular weight is 337 g/mol. The van der Waals surface area contributed by atoms with Crippen LogP contribution in [0.15, 0.2) is 47.5 Å². The Labute approximate surface area is 135 Å². The zero-order chi connectivity index (χ0) is 15.0. The molecule has 0 spiro atoms. The lowest BCUT2D eigenvalue weighted by Crippen LogP contribution is -2.13. The van der Waals surface area contributed by atoms with Crippen molar-refractivity contribution in [3.63, 3.8) is 0 Å². The third kappa shape index (κ3) is 2.88. The number of aryl methyl sites for hydroxylation is 1. The molecule has 0 fully saturated rings. The van der Waals surface area contributed by atoms with Gasteiger partial charge in [0.1, 0.15) is 0 Å². The summed E-state index contributed by atoms with van der Waals surface area (Å²) in [5, 5.41) is 1.18. The van der Waals surface area contributed by atoms with Gasteiger partial charge in [0.15, 0.2) is 4.80 Å². The van der Waals surface area contributed by atoms with Crippen LogP contribution in [-0.2, 0) is 7.05 Å². The molecule has 0 aliphatic heterocycles. The number of carbonyl (C=O) groups excluding carboxylic acids is 1. The fraction of sp³-hybridized carbons (Fsp3) is 0.0667. The van der Waals surface area contributed by atoms with Crippen molar-refractivity contribution in [2.24, 2.45) is 12.0 Å². The van der Waals surface area contributed by atoms with Crippen LogP contribution in [0.25, 0.3) is 10.2 Å². The minimum atomic E-state index is -0.314. The van der Waals surface area contributed by atoms with Gasteiger partial charge in [0, 0.05) is 22.7 Å². The molecule has 6 heteroatoms. The molecule has 0 bridgehead atoms. The number of aromatic nitrogens is 1. The summed E-state index contributed by atoms with van der Waals surface area (Å²) >= 11 is 13.3. The van der Waals surface area contributed by atoms with Gasteiger partial charge < -0.3 is 4.57 Å². The number of nitrogens with zero attached hydrogens (tertiary/aromatic N) is 2. The van der Waals surface area contributed by atoms with Crippen molar-refractivity contribution in [1.82, 2.24) is 4.57 Å². The van der Waals surface area contributed by atoms with Gasteiger partial charge in [-0.1, -0.05) is 40.6 Å². The van der Waals surface area contributed by atoms with Crippen LogP contribution >= 0.6 is 34.5 Å². The van der Waals surface area contributed by atoms with Crippen LogP contribution in [0.1, 0.15) is 10.4 Å². The second-order valence-electron chi connectivity index (χ2n) is 4.48. The SMILES string of the molecule is Cn1c(=NC(=O)c2cccc(Cl)c2)sc2cc(Cl)ccc21. The van der Waals surface area contributed by atoms with Gasteiger partial charge in [0.05, 0.1) is 10.2 Å². The third-order valence-corrected chi connectivity index (χ3v) is 4.60. The van der Waals surface area contributed by atoms with Crippen LogP contribution in [-0.4, -0.2) is 10.5 Å². The number of hydrogen-bond acceptors (Lipinski definition) is 2. The molecule has 0 atom stereocenters. The number of halogens is 2. The summed E-state index contributed by atoms with van der Waals surface area (Å²) in [7, 11) is 1.87. The van der Waals surface area contributed by atoms with Gasteiger partial charge in [0.25, 0.3) is 5.91 Å². The number of carbonyl (C=O) groups is 1. The van der Waals surface area contributed by atoms with E-state index in [9.17, 15) is 4.79 Å². The van der Waals surface area contributed by atoms with Gasteiger partial charge >= 0.3 is 0 Å². The highest BCUT2D eigenvalue weighted by Crippen LogP contribution is 2.21. The molecule has 0 saturated carbocycles. The van der Waals surface area contributed by atoms with Crippen LogP contribution in [0.4, 0.5) is 0 Å². The van der Waals surface area contributed by atoms with Crippen molar-refractivity contribution in [3.8, 4) is 0 Å². The molecule has 0 unspecified atom stereocenters. The van der Waals surface area contributed by atoms with Crippen LogP contribution < -0.4 is 4.80 Å². The fourth-order valence-corrected chi connectivity index (χ4v) is 3.47. The van der Waals surface area contributed by atoms with Gasteiger partial charge in [-0.25, -0.2) is 0 Å². The smallest absolute Gasteiger partial charge is 0.279 e. The molecule has 1 aromatic heterocycles. The molecule has 3 rings (SSSR count). The minimum absolute atomic E-state index is 0.314. The highest BCUT2D eigenvalue weighted by molar-refractivity contribution is 7.16. The van der Waals surface area contributed by atoms with E-state index in [1.54, 1.807) is 24.3 Å². The van der Waals surface area contributed by atoms with Crippen molar-refractivity contribution < 1.29 is 4.79 Å².